The molecule has 176 valence electrons. The quantitative estimate of drug-likeness (QED) is 0.422. The van der Waals surface area contributed by atoms with Gasteiger partial charge in [-0.15, -0.1) is 0 Å². The van der Waals surface area contributed by atoms with Gasteiger partial charge in [0.15, 0.2) is 4.80 Å². The first-order chi connectivity index (χ1) is 17.0. The largest absolute Gasteiger partial charge is 0.508 e. The maximum Gasteiger partial charge on any atom is 0.338 e. The van der Waals surface area contributed by atoms with Crippen LogP contribution in [0.1, 0.15) is 31.0 Å². The first-order valence-electron chi connectivity index (χ1n) is 11.0. The van der Waals surface area contributed by atoms with Gasteiger partial charge in [-0.1, -0.05) is 53.8 Å². The predicted molar refractivity (Wildman–Crippen MR) is 133 cm³/mol. The number of benzene rings is 2. The Morgan fingerprint density at radius 3 is 2.66 bits per heavy atom. The topological polar surface area (TPSA) is 110 Å². The van der Waals surface area contributed by atoms with E-state index in [2.05, 4.69) is 15.2 Å². The minimum absolute atomic E-state index is 0.0907. The summed E-state index contributed by atoms with van der Waals surface area (Å²) in [6.45, 7) is 3.67. The molecule has 0 radical (unpaired) electrons. The lowest BCUT2D eigenvalue weighted by Gasteiger charge is -2.24. The molecule has 2 aromatic heterocycles. The molecule has 8 nitrogen and oxygen atoms in total. The van der Waals surface area contributed by atoms with E-state index < -0.39 is 12.0 Å². The zero-order valence-electron chi connectivity index (χ0n) is 19.1. The molecule has 1 unspecified atom stereocenters. The number of phenols is 1. The SMILES string of the molecule is CCOC(=O)C1=C(C)N=c2s/c(=C\c3cn[nH]c3-c3ccccc3)c(=O)n2C1c1ccc(O)cc1. The van der Waals surface area contributed by atoms with E-state index >= 15 is 0 Å². The number of esters is 1. The van der Waals surface area contributed by atoms with Crippen molar-refractivity contribution >= 4 is 23.4 Å². The van der Waals surface area contributed by atoms with Gasteiger partial charge < -0.3 is 9.84 Å². The van der Waals surface area contributed by atoms with Crippen molar-refractivity contribution in [3.63, 3.8) is 0 Å². The molecule has 0 fully saturated rings. The number of carbonyl (C=O) groups is 1. The number of thiazole rings is 1. The highest BCUT2D eigenvalue weighted by atomic mass is 32.1. The maximum absolute atomic E-state index is 13.7. The minimum Gasteiger partial charge on any atom is -0.508 e. The molecule has 1 atom stereocenters. The second kappa shape index (κ2) is 9.19. The molecule has 5 rings (SSSR count). The third-order valence-corrected chi connectivity index (χ3v) is 6.73. The standard InChI is InChI=1S/C26H22N4O4S/c1-3-34-25(33)21-15(2)28-26-30(23(21)17-9-11-19(31)12-10-17)24(32)20(35-26)13-18-14-27-29-22(18)16-7-5-4-6-8-16/h4-14,23,31H,3H2,1-2H3,(H,27,29)/b20-13-. The maximum atomic E-state index is 13.7. The normalized spacial score (nSPS) is 15.6. The smallest absolute Gasteiger partial charge is 0.338 e. The molecule has 0 saturated carbocycles. The summed E-state index contributed by atoms with van der Waals surface area (Å²) in [4.78, 5) is 31.7. The van der Waals surface area contributed by atoms with E-state index in [4.69, 9.17) is 4.74 Å². The van der Waals surface area contributed by atoms with Crippen LogP contribution in [0.3, 0.4) is 0 Å². The van der Waals surface area contributed by atoms with Gasteiger partial charge >= 0.3 is 5.97 Å². The Morgan fingerprint density at radius 1 is 1.20 bits per heavy atom. The van der Waals surface area contributed by atoms with Gasteiger partial charge in [-0.05, 0) is 37.6 Å². The van der Waals surface area contributed by atoms with Crippen molar-refractivity contribution < 1.29 is 14.6 Å². The number of rotatable bonds is 5. The van der Waals surface area contributed by atoms with Crippen molar-refractivity contribution in [2.24, 2.45) is 4.99 Å². The van der Waals surface area contributed by atoms with E-state index in [1.807, 2.05) is 30.3 Å². The van der Waals surface area contributed by atoms with Gasteiger partial charge in [0.25, 0.3) is 5.56 Å². The molecule has 0 spiro atoms. The third kappa shape index (κ3) is 4.10. The monoisotopic (exact) mass is 486 g/mol. The van der Waals surface area contributed by atoms with Crippen LogP contribution in [-0.2, 0) is 9.53 Å². The number of fused-ring (bicyclic) bond motifs is 1. The molecule has 9 heteroatoms. The van der Waals surface area contributed by atoms with Crippen LogP contribution >= 0.6 is 11.3 Å². The minimum atomic E-state index is -0.731. The van der Waals surface area contributed by atoms with Crippen molar-refractivity contribution in [2.75, 3.05) is 6.61 Å². The molecule has 1 aliphatic heterocycles. The van der Waals surface area contributed by atoms with Crippen LogP contribution in [0.15, 0.2) is 81.9 Å². The average Bonchev–Trinajstić information content (AvgIpc) is 3.44. The number of nitrogens with one attached hydrogen (secondary N) is 1. The second-order valence-corrected chi connectivity index (χ2v) is 8.97. The van der Waals surface area contributed by atoms with Crippen LogP contribution in [0.25, 0.3) is 17.3 Å². The van der Waals surface area contributed by atoms with Crippen molar-refractivity contribution in [1.29, 1.82) is 0 Å². The molecular formula is C26H22N4O4S. The zero-order valence-corrected chi connectivity index (χ0v) is 19.9. The number of aromatic amines is 1. The number of phenolic OH excluding ortho intramolecular Hbond substituents is 1. The van der Waals surface area contributed by atoms with Crippen molar-refractivity contribution in [2.45, 2.75) is 19.9 Å². The summed E-state index contributed by atoms with van der Waals surface area (Å²) in [6.07, 6.45) is 3.46. The van der Waals surface area contributed by atoms with Gasteiger partial charge in [-0.25, -0.2) is 9.79 Å². The molecule has 0 aliphatic carbocycles. The fraction of sp³-hybridized carbons (Fsp3) is 0.154. The summed E-state index contributed by atoms with van der Waals surface area (Å²) in [7, 11) is 0. The summed E-state index contributed by atoms with van der Waals surface area (Å²) < 4.78 is 7.28. The highest BCUT2D eigenvalue weighted by molar-refractivity contribution is 7.07. The third-order valence-electron chi connectivity index (χ3n) is 5.74. The summed E-state index contributed by atoms with van der Waals surface area (Å²) in [5.74, 6) is -0.435. The summed E-state index contributed by atoms with van der Waals surface area (Å²) in [5, 5.41) is 17.0. The molecule has 2 N–H and O–H groups in total. The van der Waals surface area contributed by atoms with Crippen LogP contribution < -0.4 is 14.9 Å². The van der Waals surface area contributed by atoms with E-state index in [0.29, 0.717) is 26.2 Å². The summed E-state index contributed by atoms with van der Waals surface area (Å²) >= 11 is 1.25. The highest BCUT2D eigenvalue weighted by Crippen LogP contribution is 2.31. The van der Waals surface area contributed by atoms with Gasteiger partial charge in [0.1, 0.15) is 5.75 Å². The Morgan fingerprint density at radius 2 is 1.94 bits per heavy atom. The molecular weight excluding hydrogens is 464 g/mol. The Bertz CT molecular complexity index is 1610. The number of hydrogen-bond acceptors (Lipinski definition) is 7. The van der Waals surface area contributed by atoms with E-state index in [1.54, 1.807) is 38.3 Å². The summed E-state index contributed by atoms with van der Waals surface area (Å²) in [6, 6.07) is 15.4. The number of aromatic nitrogens is 3. The Kier molecular flexibility index (Phi) is 5.92. The first-order valence-corrected chi connectivity index (χ1v) is 11.9. The van der Waals surface area contributed by atoms with Gasteiger partial charge in [0.05, 0.1) is 40.3 Å². The molecule has 0 saturated heterocycles. The number of hydrogen-bond donors (Lipinski definition) is 2. The molecule has 3 heterocycles. The first kappa shape index (κ1) is 22.5. The van der Waals surface area contributed by atoms with Gasteiger partial charge in [-0.2, -0.15) is 5.10 Å². The average molecular weight is 487 g/mol. The number of carbonyl (C=O) groups excluding carboxylic acids is 1. The highest BCUT2D eigenvalue weighted by Gasteiger charge is 2.33. The van der Waals surface area contributed by atoms with Crippen molar-refractivity contribution in [3.8, 4) is 17.0 Å². The van der Waals surface area contributed by atoms with Crippen LogP contribution in [0.4, 0.5) is 0 Å². The van der Waals surface area contributed by atoms with E-state index in [9.17, 15) is 14.7 Å². The fourth-order valence-corrected chi connectivity index (χ4v) is 5.18. The van der Waals surface area contributed by atoms with Crippen LogP contribution in [0.2, 0.25) is 0 Å². The molecule has 0 bridgehead atoms. The number of H-pyrrole nitrogens is 1. The zero-order chi connectivity index (χ0) is 24.5. The Hall–Kier alpha value is -4.24. The van der Waals surface area contributed by atoms with Crippen LogP contribution in [-0.4, -0.2) is 32.4 Å². The van der Waals surface area contributed by atoms with E-state index in [0.717, 1.165) is 16.8 Å². The van der Waals surface area contributed by atoms with Crippen LogP contribution in [0.5, 0.6) is 5.75 Å². The van der Waals surface area contributed by atoms with Gasteiger partial charge in [0.2, 0.25) is 0 Å². The van der Waals surface area contributed by atoms with Crippen LogP contribution in [0, 0.1) is 0 Å². The Labute approximate surface area is 204 Å². The lowest BCUT2D eigenvalue weighted by atomic mass is 9.96. The van der Waals surface area contributed by atoms with E-state index in [1.165, 1.54) is 28.0 Å². The Balaban J connectivity index is 1.70. The number of allylic oxidation sites excluding steroid dienone is 1. The molecule has 0 amide bonds. The lowest BCUT2D eigenvalue weighted by molar-refractivity contribution is -0.139. The van der Waals surface area contributed by atoms with Gasteiger partial charge in [-0.3, -0.25) is 14.5 Å². The molecule has 4 aromatic rings. The molecule has 1 aliphatic rings. The van der Waals surface area contributed by atoms with Gasteiger partial charge in [0, 0.05) is 11.1 Å². The number of ether oxygens (including phenoxy) is 1. The summed E-state index contributed by atoms with van der Waals surface area (Å²) in [5.41, 5.74) is 3.69. The lowest BCUT2D eigenvalue weighted by Crippen LogP contribution is -2.39. The van der Waals surface area contributed by atoms with E-state index in [-0.39, 0.29) is 17.9 Å². The predicted octanol–water partition coefficient (Wildman–Crippen LogP) is 2.89. The van der Waals surface area contributed by atoms with Crippen molar-refractivity contribution in [3.05, 3.63) is 103 Å². The molecule has 2 aromatic carbocycles. The number of aromatic hydroxyl groups is 1. The second-order valence-electron chi connectivity index (χ2n) is 7.96. The fourth-order valence-electron chi connectivity index (χ4n) is 4.15. The number of nitrogens with zero attached hydrogens (tertiary/aromatic N) is 3. The molecule has 35 heavy (non-hydrogen) atoms. The van der Waals surface area contributed by atoms with Crippen molar-refractivity contribution in [1.82, 2.24) is 14.8 Å².